The summed E-state index contributed by atoms with van der Waals surface area (Å²) < 4.78 is 2.00. The van der Waals surface area contributed by atoms with Crippen LogP contribution in [0.5, 0.6) is 0 Å². The summed E-state index contributed by atoms with van der Waals surface area (Å²) in [7, 11) is 0. The Hall–Kier alpha value is -1.81. The molecule has 0 saturated carbocycles. The van der Waals surface area contributed by atoms with Crippen molar-refractivity contribution in [3.05, 3.63) is 81.9 Å². The summed E-state index contributed by atoms with van der Waals surface area (Å²) in [6.45, 7) is 3.94. The molecule has 0 spiro atoms. The van der Waals surface area contributed by atoms with E-state index in [4.69, 9.17) is 23.2 Å². The molecule has 1 atom stereocenters. The van der Waals surface area contributed by atoms with E-state index in [1.165, 1.54) is 0 Å². The highest BCUT2D eigenvalue weighted by Crippen LogP contribution is 2.53. The van der Waals surface area contributed by atoms with Crippen molar-refractivity contribution in [1.82, 2.24) is 9.55 Å². The smallest absolute Gasteiger partial charge is 0.130 e. The standard InChI is InChI=1S/C19H16Cl2N2O/c1-18(2)17-22-9-10-23(17)16-8-7-12(20)11-14(16)19(18,24)13-5-3-4-6-15(13)21/h3-11,24H,1-2H3. The topological polar surface area (TPSA) is 38.0 Å². The number of nitrogens with zero attached hydrogens (tertiary/aromatic N) is 2. The normalized spacial score (nSPS) is 21.2. The van der Waals surface area contributed by atoms with Crippen LogP contribution in [0.1, 0.15) is 30.8 Å². The summed E-state index contributed by atoms with van der Waals surface area (Å²) in [5.41, 5.74) is 0.160. The van der Waals surface area contributed by atoms with E-state index in [9.17, 15) is 5.11 Å². The van der Waals surface area contributed by atoms with Gasteiger partial charge in [0.05, 0.1) is 11.1 Å². The highest BCUT2D eigenvalue weighted by atomic mass is 35.5. The van der Waals surface area contributed by atoms with E-state index < -0.39 is 11.0 Å². The largest absolute Gasteiger partial charge is 0.379 e. The van der Waals surface area contributed by atoms with Crippen LogP contribution in [0.15, 0.2) is 54.9 Å². The first-order valence-electron chi connectivity index (χ1n) is 7.69. The third-order valence-corrected chi connectivity index (χ3v) is 5.54. The van der Waals surface area contributed by atoms with Crippen molar-refractivity contribution in [2.45, 2.75) is 24.9 Å². The number of hydrogen-bond donors (Lipinski definition) is 1. The van der Waals surface area contributed by atoms with Gasteiger partial charge in [-0.25, -0.2) is 4.98 Å². The molecule has 1 aliphatic rings. The van der Waals surface area contributed by atoms with Crippen LogP contribution in [0.25, 0.3) is 5.69 Å². The van der Waals surface area contributed by atoms with E-state index >= 15 is 0 Å². The quantitative estimate of drug-likeness (QED) is 0.684. The van der Waals surface area contributed by atoms with Crippen LogP contribution in [0.4, 0.5) is 0 Å². The Morgan fingerprint density at radius 1 is 1.04 bits per heavy atom. The Kier molecular flexibility index (Phi) is 3.33. The molecule has 0 fully saturated rings. The molecule has 24 heavy (non-hydrogen) atoms. The number of aliphatic hydroxyl groups is 1. The van der Waals surface area contributed by atoms with Crippen molar-refractivity contribution in [3.63, 3.8) is 0 Å². The number of imidazole rings is 1. The maximum atomic E-state index is 12.0. The van der Waals surface area contributed by atoms with Gasteiger partial charge in [-0.05, 0) is 38.1 Å². The molecule has 2 aromatic carbocycles. The van der Waals surface area contributed by atoms with Crippen molar-refractivity contribution in [2.24, 2.45) is 0 Å². The van der Waals surface area contributed by atoms with Gasteiger partial charge < -0.3 is 9.67 Å². The van der Waals surface area contributed by atoms with Gasteiger partial charge in [0.2, 0.25) is 0 Å². The van der Waals surface area contributed by atoms with Gasteiger partial charge in [0, 0.05) is 33.6 Å². The number of benzene rings is 2. The van der Waals surface area contributed by atoms with Crippen LogP contribution >= 0.6 is 23.2 Å². The zero-order valence-corrected chi connectivity index (χ0v) is 14.8. The number of halogens is 2. The lowest BCUT2D eigenvalue weighted by Crippen LogP contribution is -2.51. The van der Waals surface area contributed by atoms with E-state index in [0.717, 1.165) is 17.1 Å². The number of fused-ring (bicyclic) bond motifs is 3. The molecule has 0 radical (unpaired) electrons. The van der Waals surface area contributed by atoms with E-state index in [2.05, 4.69) is 4.98 Å². The van der Waals surface area contributed by atoms with E-state index in [-0.39, 0.29) is 0 Å². The summed E-state index contributed by atoms with van der Waals surface area (Å²) in [5.74, 6) is 0.778. The number of aromatic nitrogens is 2. The molecule has 2 heterocycles. The Morgan fingerprint density at radius 2 is 1.79 bits per heavy atom. The second kappa shape index (κ2) is 5.09. The minimum atomic E-state index is -1.35. The third kappa shape index (κ3) is 1.86. The van der Waals surface area contributed by atoms with E-state index in [0.29, 0.717) is 15.6 Å². The Morgan fingerprint density at radius 3 is 2.54 bits per heavy atom. The van der Waals surface area contributed by atoms with E-state index in [1.54, 1.807) is 12.3 Å². The second-order valence-corrected chi connectivity index (χ2v) is 7.44. The molecule has 1 N–H and O–H groups in total. The maximum absolute atomic E-state index is 12.0. The average Bonchev–Trinajstić information content (AvgIpc) is 3.04. The minimum Gasteiger partial charge on any atom is -0.379 e. The molecule has 5 heteroatoms. The van der Waals surface area contributed by atoms with Crippen LogP contribution in [-0.4, -0.2) is 14.7 Å². The fourth-order valence-corrected chi connectivity index (χ4v) is 4.15. The first-order chi connectivity index (χ1) is 11.4. The van der Waals surface area contributed by atoms with Crippen LogP contribution in [0, 0.1) is 0 Å². The van der Waals surface area contributed by atoms with Gasteiger partial charge >= 0.3 is 0 Å². The van der Waals surface area contributed by atoms with Crippen molar-refractivity contribution >= 4 is 23.2 Å². The Labute approximate surface area is 150 Å². The molecule has 4 rings (SSSR count). The first-order valence-corrected chi connectivity index (χ1v) is 8.44. The molecule has 122 valence electrons. The van der Waals surface area contributed by atoms with Gasteiger partial charge in [-0.15, -0.1) is 0 Å². The van der Waals surface area contributed by atoms with Gasteiger partial charge in [0.25, 0.3) is 0 Å². The maximum Gasteiger partial charge on any atom is 0.130 e. The lowest BCUT2D eigenvalue weighted by atomic mass is 9.64. The van der Waals surface area contributed by atoms with Gasteiger partial charge in [-0.2, -0.15) is 0 Å². The highest BCUT2D eigenvalue weighted by molar-refractivity contribution is 6.31. The molecular formula is C19H16Cl2N2O. The summed E-state index contributed by atoms with van der Waals surface area (Å²) in [4.78, 5) is 4.51. The molecule has 3 aromatic rings. The predicted molar refractivity (Wildman–Crippen MR) is 96.1 cm³/mol. The number of rotatable bonds is 1. The molecule has 0 saturated heterocycles. The lowest BCUT2D eigenvalue weighted by Gasteiger charge is -2.47. The van der Waals surface area contributed by atoms with Crippen LogP contribution in [-0.2, 0) is 11.0 Å². The van der Waals surface area contributed by atoms with Crippen molar-refractivity contribution in [1.29, 1.82) is 0 Å². The van der Waals surface area contributed by atoms with Gasteiger partial charge in [0.15, 0.2) is 0 Å². The van der Waals surface area contributed by atoms with Gasteiger partial charge in [0.1, 0.15) is 11.4 Å². The molecule has 0 amide bonds. The van der Waals surface area contributed by atoms with Crippen molar-refractivity contribution in [2.75, 3.05) is 0 Å². The van der Waals surface area contributed by atoms with Crippen LogP contribution < -0.4 is 0 Å². The molecule has 1 aromatic heterocycles. The monoisotopic (exact) mass is 358 g/mol. The van der Waals surface area contributed by atoms with Crippen molar-refractivity contribution < 1.29 is 5.11 Å². The summed E-state index contributed by atoms with van der Waals surface area (Å²) >= 11 is 12.7. The summed E-state index contributed by atoms with van der Waals surface area (Å²) in [5, 5.41) is 13.1. The second-order valence-electron chi connectivity index (χ2n) is 6.60. The molecular weight excluding hydrogens is 343 g/mol. The van der Waals surface area contributed by atoms with Gasteiger partial charge in [-0.3, -0.25) is 0 Å². The highest BCUT2D eigenvalue weighted by Gasteiger charge is 2.54. The van der Waals surface area contributed by atoms with E-state index in [1.807, 2.05) is 61.0 Å². The fourth-order valence-electron chi connectivity index (χ4n) is 3.70. The van der Waals surface area contributed by atoms with Crippen LogP contribution in [0.2, 0.25) is 10.0 Å². The summed E-state index contributed by atoms with van der Waals surface area (Å²) in [6.07, 6.45) is 3.64. The molecule has 3 nitrogen and oxygen atoms in total. The molecule has 1 unspecified atom stereocenters. The minimum absolute atomic E-state index is 0.513. The predicted octanol–water partition coefficient (Wildman–Crippen LogP) is 4.71. The fraction of sp³-hybridized carbons (Fsp3) is 0.211. The van der Waals surface area contributed by atoms with Gasteiger partial charge in [-0.1, -0.05) is 41.4 Å². The molecule has 1 aliphatic heterocycles. The SMILES string of the molecule is CC1(C)c2nccn2-c2ccc(Cl)cc2C1(O)c1ccccc1Cl. The first kappa shape index (κ1) is 15.7. The van der Waals surface area contributed by atoms with Crippen molar-refractivity contribution in [3.8, 4) is 5.69 Å². The third-order valence-electron chi connectivity index (χ3n) is 4.98. The number of hydrogen-bond acceptors (Lipinski definition) is 2. The molecule has 0 aliphatic carbocycles. The molecule has 0 bridgehead atoms. The Bertz CT molecular complexity index is 948. The zero-order valence-electron chi connectivity index (χ0n) is 13.3. The summed E-state index contributed by atoms with van der Waals surface area (Å²) in [6, 6.07) is 12.9. The van der Waals surface area contributed by atoms with Crippen LogP contribution in [0.3, 0.4) is 0 Å². The average molecular weight is 359 g/mol. The zero-order chi connectivity index (χ0) is 17.1. The lowest BCUT2D eigenvalue weighted by molar-refractivity contribution is -0.00106. The Balaban J connectivity index is 2.15.